The minimum Gasteiger partial charge on any atom is -0.243 e. The molecule has 0 fully saturated rings. The van der Waals surface area contributed by atoms with Gasteiger partial charge in [0, 0.05) is 6.42 Å². The normalized spacial score (nSPS) is 12.1. The fourth-order valence-corrected chi connectivity index (χ4v) is 1.76. The molecule has 0 aromatic carbocycles. The van der Waals surface area contributed by atoms with Crippen molar-refractivity contribution in [1.29, 1.82) is 0 Å². The van der Waals surface area contributed by atoms with Crippen molar-refractivity contribution in [3.8, 4) is 0 Å². The van der Waals surface area contributed by atoms with E-state index in [1.807, 2.05) is 13.8 Å². The summed E-state index contributed by atoms with van der Waals surface area (Å²) in [6.07, 6.45) is 3.01. The molecular weight excluding hydrogens is 327 g/mol. The van der Waals surface area contributed by atoms with Gasteiger partial charge in [0.25, 0.3) is 3.79 Å². The predicted octanol–water partition coefficient (Wildman–Crippen LogP) is 2.41. The summed E-state index contributed by atoms with van der Waals surface area (Å²) < 4.78 is 0.312. The Morgan fingerprint density at radius 1 is 1.40 bits per heavy atom. The van der Waals surface area contributed by atoms with Crippen molar-refractivity contribution in [2.24, 2.45) is 5.92 Å². The summed E-state index contributed by atoms with van der Waals surface area (Å²) >= 11 is 17.3. The zero-order valence-corrected chi connectivity index (χ0v) is 12.9. The summed E-state index contributed by atoms with van der Waals surface area (Å²) in [4.78, 5) is 20.1. The molecule has 0 aliphatic heterocycles. The van der Waals surface area contributed by atoms with Crippen LogP contribution in [0.2, 0.25) is 0 Å². The highest BCUT2D eigenvalue weighted by Crippen LogP contribution is 2.36. The molecule has 0 bridgehead atoms. The van der Waals surface area contributed by atoms with Gasteiger partial charge in [0.2, 0.25) is 5.82 Å². The lowest BCUT2D eigenvalue weighted by Crippen LogP contribution is -2.24. The zero-order chi connectivity index (χ0) is 14.9. The quantitative estimate of drug-likeness (QED) is 0.786. The lowest BCUT2D eigenvalue weighted by Gasteiger charge is -2.05. The predicted molar refractivity (Wildman–Crippen MR) is 74.0 cm³/mol. The van der Waals surface area contributed by atoms with Crippen molar-refractivity contribution in [3.63, 3.8) is 0 Å². The van der Waals surface area contributed by atoms with Gasteiger partial charge in [-0.15, -0.1) is 5.10 Å². The second-order valence-electron chi connectivity index (χ2n) is 4.48. The number of nitrogens with zero attached hydrogens (tertiary/aromatic N) is 6. The third-order valence-corrected chi connectivity index (χ3v) is 2.82. The Balaban J connectivity index is 2.44. The fourth-order valence-electron chi connectivity index (χ4n) is 1.52. The van der Waals surface area contributed by atoms with E-state index < -0.39 is 9.82 Å². The molecule has 0 aliphatic rings. The lowest BCUT2D eigenvalue weighted by atomic mass is 10.1. The molecule has 0 unspecified atom stereocenters. The molecule has 20 heavy (non-hydrogen) atoms. The number of halogens is 3. The van der Waals surface area contributed by atoms with E-state index in [4.69, 9.17) is 34.8 Å². The van der Waals surface area contributed by atoms with E-state index in [0.717, 1.165) is 9.36 Å². The van der Waals surface area contributed by atoms with Crippen LogP contribution in [-0.4, -0.2) is 35.6 Å². The maximum atomic E-state index is 12.2. The minimum absolute atomic E-state index is 0.0494. The van der Waals surface area contributed by atoms with Crippen molar-refractivity contribution in [3.05, 3.63) is 24.3 Å². The van der Waals surface area contributed by atoms with E-state index in [-0.39, 0.29) is 11.7 Å². The summed E-state index contributed by atoms with van der Waals surface area (Å²) in [5.41, 5.74) is 0. The number of alkyl halides is 3. The van der Waals surface area contributed by atoms with Crippen LogP contribution in [0.3, 0.4) is 0 Å². The van der Waals surface area contributed by atoms with Crippen LogP contribution in [0.4, 0.5) is 4.79 Å². The largest absolute Gasteiger partial charge is 0.372 e. The van der Waals surface area contributed by atoms with Crippen LogP contribution in [-0.2, 0) is 10.2 Å². The van der Waals surface area contributed by atoms with Crippen LogP contribution < -0.4 is 0 Å². The molecule has 0 saturated carbocycles. The summed E-state index contributed by atoms with van der Waals surface area (Å²) in [6.45, 7) is 3.96. The molecule has 2 aromatic rings. The van der Waals surface area contributed by atoms with Gasteiger partial charge in [-0.1, -0.05) is 48.7 Å². The Morgan fingerprint density at radius 2 is 2.10 bits per heavy atom. The number of hydrogen-bond acceptors (Lipinski definition) is 5. The monoisotopic (exact) mass is 336 g/mol. The van der Waals surface area contributed by atoms with Gasteiger partial charge >= 0.3 is 6.03 Å². The smallest absolute Gasteiger partial charge is 0.243 e. The average Bonchev–Trinajstić information content (AvgIpc) is 2.94. The van der Waals surface area contributed by atoms with Crippen molar-refractivity contribution in [2.45, 2.75) is 24.1 Å². The van der Waals surface area contributed by atoms with Crippen LogP contribution in [0.5, 0.6) is 0 Å². The summed E-state index contributed by atoms with van der Waals surface area (Å²) in [7, 11) is 0. The highest BCUT2D eigenvalue weighted by Gasteiger charge is 2.31. The maximum Gasteiger partial charge on any atom is 0.372 e. The molecule has 10 heteroatoms. The number of carbonyl (C=O) groups excluding carboxylic acids is 1. The molecule has 0 amide bonds. The van der Waals surface area contributed by atoms with Crippen molar-refractivity contribution in [2.75, 3.05) is 0 Å². The molecule has 7 nitrogen and oxygen atoms in total. The second kappa shape index (κ2) is 5.67. The van der Waals surface area contributed by atoms with Gasteiger partial charge in [-0.3, -0.25) is 0 Å². The van der Waals surface area contributed by atoms with Crippen LogP contribution in [0.15, 0.2) is 12.7 Å². The topological polar surface area (TPSA) is 78.5 Å². The van der Waals surface area contributed by atoms with Crippen LogP contribution in [0.25, 0.3) is 0 Å². The van der Waals surface area contributed by atoms with E-state index in [0.29, 0.717) is 12.2 Å². The van der Waals surface area contributed by atoms with E-state index >= 15 is 0 Å². The Bertz CT molecular complexity index is 601. The molecule has 108 valence electrons. The van der Waals surface area contributed by atoms with Crippen molar-refractivity contribution >= 4 is 40.8 Å². The third kappa shape index (κ3) is 3.28. The molecule has 0 spiro atoms. The van der Waals surface area contributed by atoms with E-state index in [1.54, 1.807) is 0 Å². The van der Waals surface area contributed by atoms with Gasteiger partial charge in [0.1, 0.15) is 18.5 Å². The molecule has 0 radical (unpaired) electrons. The molecular formula is C10H11Cl3N6O. The first-order valence-electron chi connectivity index (χ1n) is 5.71. The van der Waals surface area contributed by atoms with Gasteiger partial charge in [0.05, 0.1) is 0 Å². The molecule has 2 rings (SSSR count). The van der Waals surface area contributed by atoms with Crippen molar-refractivity contribution in [1.82, 2.24) is 29.5 Å². The molecule has 0 aliphatic carbocycles. The van der Waals surface area contributed by atoms with Crippen LogP contribution in [0.1, 0.15) is 25.5 Å². The molecule has 0 saturated heterocycles. The third-order valence-electron chi connectivity index (χ3n) is 2.31. The summed E-state index contributed by atoms with van der Waals surface area (Å²) in [5, 5.41) is 7.71. The van der Waals surface area contributed by atoms with Crippen LogP contribution >= 0.6 is 34.8 Å². The maximum absolute atomic E-state index is 12.2. The Hall–Kier alpha value is -1.18. The number of carbonyl (C=O) groups is 1. The molecule has 2 heterocycles. The first-order valence-corrected chi connectivity index (χ1v) is 6.85. The molecule has 0 atom stereocenters. The molecule has 2 aromatic heterocycles. The van der Waals surface area contributed by atoms with Gasteiger partial charge in [-0.05, 0) is 5.92 Å². The standard InChI is InChI=1S/C10H11Cl3N6O/c1-6(2)3-7-16-8(10(11,12)13)17-19(7)9(20)18-5-14-4-15-18/h4-6H,3H2,1-2H3. The lowest BCUT2D eigenvalue weighted by molar-refractivity contribution is 0.237. The Kier molecular flexibility index (Phi) is 4.31. The average molecular weight is 338 g/mol. The van der Waals surface area contributed by atoms with E-state index in [2.05, 4.69) is 20.2 Å². The Labute approximate surface area is 129 Å². The van der Waals surface area contributed by atoms with E-state index in [1.165, 1.54) is 12.7 Å². The number of hydrogen-bond donors (Lipinski definition) is 0. The van der Waals surface area contributed by atoms with Gasteiger partial charge in [0.15, 0.2) is 0 Å². The van der Waals surface area contributed by atoms with Gasteiger partial charge < -0.3 is 0 Å². The molecule has 0 N–H and O–H groups in total. The second-order valence-corrected chi connectivity index (χ2v) is 6.76. The number of aromatic nitrogens is 6. The summed E-state index contributed by atoms with van der Waals surface area (Å²) in [6, 6.07) is -0.536. The highest BCUT2D eigenvalue weighted by molar-refractivity contribution is 6.66. The van der Waals surface area contributed by atoms with Gasteiger partial charge in [-0.2, -0.15) is 14.5 Å². The first kappa shape index (κ1) is 15.2. The SMILES string of the molecule is CC(C)Cc1nc(C(Cl)(Cl)Cl)nn1C(=O)n1cncn1. The number of rotatable bonds is 2. The van der Waals surface area contributed by atoms with Crippen LogP contribution in [0, 0.1) is 5.92 Å². The zero-order valence-electron chi connectivity index (χ0n) is 10.7. The highest BCUT2D eigenvalue weighted by atomic mass is 35.6. The van der Waals surface area contributed by atoms with E-state index in [9.17, 15) is 4.79 Å². The van der Waals surface area contributed by atoms with Gasteiger partial charge in [-0.25, -0.2) is 14.8 Å². The summed E-state index contributed by atoms with van der Waals surface area (Å²) in [5.74, 6) is 0.609. The minimum atomic E-state index is -1.79. The first-order chi connectivity index (χ1) is 9.29. The Morgan fingerprint density at radius 3 is 2.60 bits per heavy atom. The van der Waals surface area contributed by atoms with Crippen molar-refractivity contribution < 1.29 is 4.79 Å². The fraction of sp³-hybridized carbons (Fsp3) is 0.500.